The summed E-state index contributed by atoms with van der Waals surface area (Å²) in [6.07, 6.45) is -5.75. The molecule has 1 aromatic rings. The Hall–Kier alpha value is -2.05. The Kier molecular flexibility index (Phi) is 9.21. The summed E-state index contributed by atoms with van der Waals surface area (Å²) in [6.45, 7) is 1.15. The molecule has 43 heavy (non-hydrogen) atoms. The zero-order chi connectivity index (χ0) is 32.2. The van der Waals surface area contributed by atoms with Gasteiger partial charge in [-0.15, -0.1) is 0 Å². The maximum atomic E-state index is 15.8. The molecule has 3 nitrogen and oxygen atoms in total. The molecule has 0 aliphatic heterocycles. The summed E-state index contributed by atoms with van der Waals surface area (Å²) in [4.78, 5) is 14.0. The molecule has 0 saturated heterocycles. The van der Waals surface area contributed by atoms with Crippen LogP contribution in [0, 0.1) is 23.2 Å². The number of rotatable bonds is 11. The van der Waals surface area contributed by atoms with E-state index in [9.17, 15) is 49.4 Å². The van der Waals surface area contributed by atoms with Crippen LogP contribution < -0.4 is 0 Å². The summed E-state index contributed by atoms with van der Waals surface area (Å²) < 4.78 is 134. The van der Waals surface area contributed by atoms with E-state index in [-0.39, 0.29) is 42.3 Å². The topological polar surface area (TPSA) is 40.5 Å². The number of Topliss-reactive ketones (excluding diaryl/α,β-unsaturated/α-hetero) is 1. The molecule has 2 saturated carbocycles. The van der Waals surface area contributed by atoms with Crippen molar-refractivity contribution in [2.75, 3.05) is 20.1 Å². The average Bonchev–Trinajstić information content (AvgIpc) is 3.19. The fourth-order valence-corrected chi connectivity index (χ4v) is 7.81. The van der Waals surface area contributed by atoms with Crippen molar-refractivity contribution in [2.24, 2.45) is 23.2 Å². The Morgan fingerprint density at radius 1 is 0.977 bits per heavy atom. The summed E-state index contributed by atoms with van der Waals surface area (Å²) in [5.74, 6) is -19.3. The van der Waals surface area contributed by atoms with Crippen molar-refractivity contribution in [2.45, 2.75) is 101 Å². The number of phenols is 1. The average molecular weight is 634 g/mol. The Morgan fingerprint density at radius 2 is 1.65 bits per heavy atom. The lowest BCUT2D eigenvalue weighted by Gasteiger charge is -2.53. The molecule has 6 atom stereocenters. The van der Waals surface area contributed by atoms with Gasteiger partial charge < -0.3 is 10.0 Å². The van der Waals surface area contributed by atoms with E-state index in [0.717, 1.165) is 11.1 Å². The Labute approximate surface area is 244 Å². The molecule has 1 N–H and O–H groups in total. The highest BCUT2D eigenvalue weighted by Gasteiger charge is 2.81. The number of carbonyl (C=O) groups is 1. The molecule has 3 aliphatic rings. The molecule has 0 bridgehead atoms. The van der Waals surface area contributed by atoms with Crippen LogP contribution in [-0.4, -0.2) is 66.0 Å². The number of benzene rings is 1. The number of ketones is 1. The third-order valence-corrected chi connectivity index (χ3v) is 10.2. The van der Waals surface area contributed by atoms with Gasteiger partial charge in [0, 0.05) is 30.7 Å². The highest BCUT2D eigenvalue weighted by atomic mass is 19.4. The summed E-state index contributed by atoms with van der Waals surface area (Å²) >= 11 is 0. The number of fused-ring (bicyclic) bond motifs is 5. The van der Waals surface area contributed by atoms with Crippen molar-refractivity contribution in [3.05, 3.63) is 29.3 Å². The third kappa shape index (κ3) is 6.00. The van der Waals surface area contributed by atoms with Crippen LogP contribution in [0.3, 0.4) is 0 Å². The van der Waals surface area contributed by atoms with Crippen molar-refractivity contribution in [3.8, 4) is 5.75 Å². The van der Waals surface area contributed by atoms with Gasteiger partial charge in [-0.1, -0.05) is 25.8 Å². The summed E-state index contributed by atoms with van der Waals surface area (Å²) in [7, 11) is 1.28. The van der Waals surface area contributed by atoms with Crippen molar-refractivity contribution in [3.63, 3.8) is 0 Å². The second kappa shape index (κ2) is 11.7. The monoisotopic (exact) mass is 633 g/mol. The van der Waals surface area contributed by atoms with E-state index in [0.29, 0.717) is 44.9 Å². The number of carbonyl (C=O) groups excluding carboxylic acids is 1. The minimum absolute atomic E-state index is 0.0274. The van der Waals surface area contributed by atoms with Crippen LogP contribution in [0.5, 0.6) is 5.75 Å². The summed E-state index contributed by atoms with van der Waals surface area (Å²) in [5, 5.41) is 10.1. The van der Waals surface area contributed by atoms with E-state index in [1.54, 1.807) is 18.2 Å². The third-order valence-electron chi connectivity index (χ3n) is 10.2. The van der Waals surface area contributed by atoms with Gasteiger partial charge in [0.2, 0.25) is 0 Å². The number of unbranched alkanes of at least 4 members (excludes halogenated alkanes) is 2. The number of halogens is 10. The van der Waals surface area contributed by atoms with E-state index in [1.165, 1.54) is 11.9 Å². The molecule has 0 aromatic heterocycles. The molecule has 4 rings (SSSR count). The lowest BCUT2D eigenvalue weighted by Crippen LogP contribution is -2.61. The van der Waals surface area contributed by atoms with Gasteiger partial charge >= 0.3 is 23.9 Å². The molecule has 0 spiro atoms. The molecule has 0 radical (unpaired) electrons. The highest BCUT2D eigenvalue weighted by Crippen LogP contribution is 2.62. The van der Waals surface area contributed by atoms with Gasteiger partial charge in [0.05, 0.1) is 0 Å². The first kappa shape index (κ1) is 33.8. The Bertz CT molecular complexity index is 1170. The van der Waals surface area contributed by atoms with Gasteiger partial charge in [-0.3, -0.25) is 4.79 Å². The molecule has 0 heterocycles. The maximum Gasteiger partial charge on any atom is 0.460 e. The van der Waals surface area contributed by atoms with E-state index in [4.69, 9.17) is 0 Å². The van der Waals surface area contributed by atoms with E-state index in [2.05, 4.69) is 0 Å². The van der Waals surface area contributed by atoms with E-state index >= 15 is 4.39 Å². The van der Waals surface area contributed by atoms with Gasteiger partial charge in [-0.05, 0) is 86.7 Å². The van der Waals surface area contributed by atoms with Gasteiger partial charge in [-0.2, -0.15) is 39.5 Å². The zero-order valence-corrected chi connectivity index (χ0v) is 24.0. The van der Waals surface area contributed by atoms with E-state index in [1.807, 2.05) is 6.92 Å². The van der Waals surface area contributed by atoms with Crippen molar-refractivity contribution in [1.29, 1.82) is 0 Å². The van der Waals surface area contributed by atoms with Crippen LogP contribution in [-0.2, 0) is 11.2 Å². The van der Waals surface area contributed by atoms with Crippen LogP contribution >= 0.6 is 0 Å². The Morgan fingerprint density at radius 3 is 2.30 bits per heavy atom. The lowest BCUT2D eigenvalue weighted by atomic mass is 9.51. The maximum absolute atomic E-state index is 15.8. The number of alkyl halides is 10. The molecule has 2 fully saturated rings. The van der Waals surface area contributed by atoms with Crippen molar-refractivity contribution >= 4 is 5.78 Å². The second-order valence-electron chi connectivity index (χ2n) is 12.9. The van der Waals surface area contributed by atoms with Crippen LogP contribution in [0.25, 0.3) is 0 Å². The number of phenolic OH excluding ortho intramolecular Hbond substituents is 1. The molecular formula is C30H37F10NO2. The number of nitrogens with zero attached hydrogens (tertiary/aromatic N) is 1. The first-order chi connectivity index (χ1) is 19.7. The predicted molar refractivity (Wildman–Crippen MR) is 138 cm³/mol. The summed E-state index contributed by atoms with van der Waals surface area (Å²) in [5.41, 5.74) is 1.01. The molecule has 0 amide bonds. The molecule has 244 valence electrons. The predicted octanol–water partition coefficient (Wildman–Crippen LogP) is 8.34. The van der Waals surface area contributed by atoms with Crippen molar-refractivity contribution in [1.82, 2.24) is 4.90 Å². The van der Waals surface area contributed by atoms with Crippen LogP contribution in [0.15, 0.2) is 18.2 Å². The fraction of sp³-hybridized carbons (Fsp3) is 0.767. The zero-order valence-electron chi connectivity index (χ0n) is 24.0. The van der Waals surface area contributed by atoms with Crippen molar-refractivity contribution < 1.29 is 53.8 Å². The van der Waals surface area contributed by atoms with Crippen LogP contribution in [0.2, 0.25) is 0 Å². The number of hydrogen-bond acceptors (Lipinski definition) is 3. The number of aromatic hydroxyl groups is 1. The van der Waals surface area contributed by atoms with Gasteiger partial charge in [0.1, 0.15) is 17.7 Å². The Balaban J connectivity index is 1.33. The minimum Gasteiger partial charge on any atom is -0.508 e. The first-order valence-electron chi connectivity index (χ1n) is 14.6. The lowest BCUT2D eigenvalue weighted by molar-refractivity contribution is -0.396. The van der Waals surface area contributed by atoms with Gasteiger partial charge in [0.25, 0.3) is 0 Å². The molecule has 13 heteroatoms. The highest BCUT2D eigenvalue weighted by molar-refractivity contribution is 5.87. The quantitative estimate of drug-likeness (QED) is 0.197. The molecule has 1 aromatic carbocycles. The molecule has 2 unspecified atom stereocenters. The molecule has 3 aliphatic carbocycles. The second-order valence-corrected chi connectivity index (χ2v) is 12.9. The van der Waals surface area contributed by atoms with Gasteiger partial charge in [-0.25, -0.2) is 4.39 Å². The normalized spacial score (nSPS) is 29.9. The first-order valence-corrected chi connectivity index (χ1v) is 14.6. The van der Waals surface area contributed by atoms with Crippen LogP contribution in [0.1, 0.15) is 75.3 Å². The van der Waals surface area contributed by atoms with E-state index < -0.39 is 54.4 Å². The smallest absolute Gasteiger partial charge is 0.460 e. The van der Waals surface area contributed by atoms with Gasteiger partial charge in [0.15, 0.2) is 0 Å². The number of hydrogen-bond donors (Lipinski definition) is 1. The fourth-order valence-electron chi connectivity index (χ4n) is 7.81. The molecular weight excluding hydrogens is 596 g/mol. The minimum atomic E-state index is -6.89. The summed E-state index contributed by atoms with van der Waals surface area (Å²) in [6, 6.07) is 4.97. The van der Waals surface area contributed by atoms with Crippen LogP contribution in [0.4, 0.5) is 43.9 Å². The largest absolute Gasteiger partial charge is 0.508 e. The SMILES string of the molecule is CN(CCCCCC1Cc2cc(O)ccc2[C@H]2C(F)C[C@]3(C)C(=O)CC[C@H]3[C@H]12)CCC(F)(F)C(F)(F)C(F)(F)C(F)(F)F. The standard InChI is InChI=1S/C30H37F10NO2/c1-26-16-22(31)25-20-8-7-19(42)15-18(20)14-17(24(25)21(26)9-10-23(26)43)6-4-3-5-12-41(2)13-11-27(32,33)28(34,35)29(36,37)30(38,39)40/h7-8,15,17,21-22,24-25,42H,3-6,9-14,16H2,1-2H3/t17?,21-,22?,24-,25-,26-/m0/s1.